The zero-order chi connectivity index (χ0) is 16.6. The molecule has 0 atom stereocenters. The highest BCUT2D eigenvalue weighted by Gasteiger charge is 2.29. The standard InChI is InChI=1S/C16H18N4O2S2/c21-24(22,16-5-3-11-23-16)19-9-7-18(8-10-19)13-14-12-15-4-1-2-6-20(15)17-14/h1-6,11-12H,7-10,13H2. The Bertz CT molecular complexity index is 893. The van der Waals surface area contributed by atoms with Gasteiger partial charge in [0.1, 0.15) is 4.21 Å². The van der Waals surface area contributed by atoms with E-state index >= 15 is 0 Å². The van der Waals surface area contributed by atoms with Crippen LogP contribution in [0.4, 0.5) is 0 Å². The normalized spacial score (nSPS) is 17.5. The molecule has 0 aliphatic carbocycles. The van der Waals surface area contributed by atoms with Crippen LogP contribution in [0.5, 0.6) is 0 Å². The third kappa shape index (κ3) is 2.98. The maximum absolute atomic E-state index is 12.5. The fourth-order valence-corrected chi connectivity index (χ4v) is 5.53. The van der Waals surface area contributed by atoms with Gasteiger partial charge < -0.3 is 0 Å². The average Bonchev–Trinajstić information content (AvgIpc) is 3.25. The predicted octanol–water partition coefficient (Wildman–Crippen LogP) is 1.90. The molecule has 3 aromatic heterocycles. The Morgan fingerprint density at radius 2 is 1.92 bits per heavy atom. The molecule has 0 bridgehead atoms. The van der Waals surface area contributed by atoms with Gasteiger partial charge in [-0.05, 0) is 29.6 Å². The van der Waals surface area contributed by atoms with Crippen LogP contribution in [0.1, 0.15) is 5.69 Å². The minimum atomic E-state index is -3.33. The zero-order valence-electron chi connectivity index (χ0n) is 13.1. The van der Waals surface area contributed by atoms with Crippen LogP contribution in [0.3, 0.4) is 0 Å². The van der Waals surface area contributed by atoms with E-state index in [1.165, 1.54) is 11.3 Å². The third-order valence-electron chi connectivity index (χ3n) is 4.23. The van der Waals surface area contributed by atoms with Crippen LogP contribution in [0.25, 0.3) is 5.52 Å². The number of fused-ring (bicyclic) bond motifs is 1. The van der Waals surface area contributed by atoms with E-state index in [2.05, 4.69) is 16.1 Å². The van der Waals surface area contributed by atoms with Crippen molar-refractivity contribution in [3.8, 4) is 0 Å². The molecule has 4 rings (SSSR count). The number of thiophene rings is 1. The van der Waals surface area contributed by atoms with Crippen molar-refractivity contribution >= 4 is 26.9 Å². The molecule has 1 aliphatic heterocycles. The Hall–Kier alpha value is -1.74. The minimum Gasteiger partial charge on any atom is -0.295 e. The molecule has 8 heteroatoms. The maximum Gasteiger partial charge on any atom is 0.252 e. The lowest BCUT2D eigenvalue weighted by atomic mass is 10.3. The van der Waals surface area contributed by atoms with Gasteiger partial charge in [0.15, 0.2) is 0 Å². The summed E-state index contributed by atoms with van der Waals surface area (Å²) < 4.78 is 28.9. The van der Waals surface area contributed by atoms with Crippen molar-refractivity contribution in [1.29, 1.82) is 0 Å². The van der Waals surface area contributed by atoms with E-state index in [0.717, 1.165) is 30.8 Å². The highest BCUT2D eigenvalue weighted by Crippen LogP contribution is 2.22. The second-order valence-electron chi connectivity index (χ2n) is 5.82. The van der Waals surface area contributed by atoms with Crippen molar-refractivity contribution in [2.24, 2.45) is 0 Å². The number of rotatable bonds is 4. The van der Waals surface area contributed by atoms with Gasteiger partial charge in [0.25, 0.3) is 10.0 Å². The zero-order valence-corrected chi connectivity index (χ0v) is 14.7. The van der Waals surface area contributed by atoms with Gasteiger partial charge in [0, 0.05) is 38.9 Å². The lowest BCUT2D eigenvalue weighted by Gasteiger charge is -2.33. The van der Waals surface area contributed by atoms with Crippen LogP contribution in [-0.2, 0) is 16.6 Å². The lowest BCUT2D eigenvalue weighted by molar-refractivity contribution is 0.180. The topological polar surface area (TPSA) is 57.9 Å². The predicted molar refractivity (Wildman–Crippen MR) is 93.5 cm³/mol. The summed E-state index contributed by atoms with van der Waals surface area (Å²) in [4.78, 5) is 2.25. The van der Waals surface area contributed by atoms with Gasteiger partial charge >= 0.3 is 0 Å². The molecule has 6 nitrogen and oxygen atoms in total. The molecular weight excluding hydrogens is 344 g/mol. The first-order valence-corrected chi connectivity index (χ1v) is 10.1. The molecule has 4 heterocycles. The van der Waals surface area contributed by atoms with E-state index < -0.39 is 10.0 Å². The van der Waals surface area contributed by atoms with Gasteiger partial charge in [0.2, 0.25) is 0 Å². The van der Waals surface area contributed by atoms with E-state index in [1.807, 2.05) is 28.9 Å². The van der Waals surface area contributed by atoms with Gasteiger partial charge in [-0.15, -0.1) is 11.3 Å². The fraction of sp³-hybridized carbons (Fsp3) is 0.312. The van der Waals surface area contributed by atoms with E-state index in [9.17, 15) is 8.42 Å². The Morgan fingerprint density at radius 3 is 2.62 bits per heavy atom. The maximum atomic E-state index is 12.5. The molecule has 1 aliphatic rings. The summed E-state index contributed by atoms with van der Waals surface area (Å²) in [7, 11) is -3.33. The van der Waals surface area contributed by atoms with E-state index in [4.69, 9.17) is 0 Å². The SMILES string of the molecule is O=S(=O)(c1cccs1)N1CCN(Cc2cc3ccccn3n2)CC1. The number of piperazine rings is 1. The number of aromatic nitrogens is 2. The summed E-state index contributed by atoms with van der Waals surface area (Å²) >= 11 is 1.27. The monoisotopic (exact) mass is 362 g/mol. The highest BCUT2D eigenvalue weighted by molar-refractivity contribution is 7.91. The molecule has 0 amide bonds. The molecule has 3 aromatic rings. The summed E-state index contributed by atoms with van der Waals surface area (Å²) in [6.07, 6.45) is 1.93. The summed E-state index contributed by atoms with van der Waals surface area (Å²) in [5, 5.41) is 6.36. The summed E-state index contributed by atoms with van der Waals surface area (Å²) in [6.45, 7) is 3.23. The molecule has 0 spiro atoms. The Kier molecular flexibility index (Phi) is 4.13. The lowest BCUT2D eigenvalue weighted by Crippen LogP contribution is -2.48. The summed E-state index contributed by atoms with van der Waals surface area (Å²) in [6, 6.07) is 11.5. The highest BCUT2D eigenvalue weighted by atomic mass is 32.2. The fourth-order valence-electron chi connectivity index (χ4n) is 2.96. The molecule has 0 N–H and O–H groups in total. The van der Waals surface area contributed by atoms with Crippen molar-refractivity contribution in [3.63, 3.8) is 0 Å². The van der Waals surface area contributed by atoms with Crippen molar-refractivity contribution in [3.05, 3.63) is 53.7 Å². The quantitative estimate of drug-likeness (QED) is 0.711. The second-order valence-corrected chi connectivity index (χ2v) is 8.93. The van der Waals surface area contributed by atoms with Crippen LogP contribution >= 0.6 is 11.3 Å². The van der Waals surface area contributed by atoms with Crippen LogP contribution in [0, 0.1) is 0 Å². The van der Waals surface area contributed by atoms with Gasteiger partial charge in [-0.1, -0.05) is 12.1 Å². The van der Waals surface area contributed by atoms with Crippen molar-refractivity contribution in [2.45, 2.75) is 10.8 Å². The van der Waals surface area contributed by atoms with Crippen LogP contribution in [0.15, 0.2) is 52.2 Å². The molecule has 24 heavy (non-hydrogen) atoms. The van der Waals surface area contributed by atoms with Crippen LogP contribution in [0.2, 0.25) is 0 Å². The van der Waals surface area contributed by atoms with Gasteiger partial charge in [0.05, 0.1) is 11.2 Å². The number of sulfonamides is 1. The first kappa shape index (κ1) is 15.8. The molecule has 0 aromatic carbocycles. The third-order valence-corrected chi connectivity index (χ3v) is 7.50. The molecular formula is C16H18N4O2S2. The molecule has 1 fully saturated rings. The van der Waals surface area contributed by atoms with Crippen molar-refractivity contribution in [1.82, 2.24) is 18.8 Å². The average molecular weight is 362 g/mol. The van der Waals surface area contributed by atoms with Gasteiger partial charge in [-0.3, -0.25) is 4.90 Å². The molecule has 0 saturated carbocycles. The number of hydrogen-bond acceptors (Lipinski definition) is 5. The second kappa shape index (κ2) is 6.29. The van der Waals surface area contributed by atoms with E-state index in [0.29, 0.717) is 17.3 Å². The first-order chi connectivity index (χ1) is 11.6. The van der Waals surface area contributed by atoms with Crippen LogP contribution in [-0.4, -0.2) is 53.4 Å². The Morgan fingerprint density at radius 1 is 1.08 bits per heavy atom. The Balaban J connectivity index is 1.41. The summed E-state index contributed by atoms with van der Waals surface area (Å²) in [5.74, 6) is 0. The van der Waals surface area contributed by atoms with E-state index in [1.54, 1.807) is 21.8 Å². The van der Waals surface area contributed by atoms with Crippen LogP contribution < -0.4 is 0 Å². The van der Waals surface area contributed by atoms with Gasteiger partial charge in [-0.25, -0.2) is 12.9 Å². The molecule has 126 valence electrons. The number of nitrogens with zero attached hydrogens (tertiary/aromatic N) is 4. The molecule has 0 radical (unpaired) electrons. The number of pyridine rings is 1. The first-order valence-electron chi connectivity index (χ1n) is 7.82. The smallest absolute Gasteiger partial charge is 0.252 e. The minimum absolute atomic E-state index is 0.427. The number of hydrogen-bond donors (Lipinski definition) is 0. The van der Waals surface area contributed by atoms with E-state index in [-0.39, 0.29) is 0 Å². The van der Waals surface area contributed by atoms with Gasteiger partial charge in [-0.2, -0.15) is 9.40 Å². The van der Waals surface area contributed by atoms with Crippen molar-refractivity contribution in [2.75, 3.05) is 26.2 Å². The largest absolute Gasteiger partial charge is 0.295 e. The Labute approximate surface area is 145 Å². The molecule has 0 unspecified atom stereocenters. The summed E-state index contributed by atoms with van der Waals surface area (Å²) in [5.41, 5.74) is 2.09. The molecule has 1 saturated heterocycles. The van der Waals surface area contributed by atoms with Crippen molar-refractivity contribution < 1.29 is 8.42 Å².